The van der Waals surface area contributed by atoms with Crippen LogP contribution in [0.25, 0.3) is 10.1 Å². The number of thiophene rings is 1. The minimum absolute atomic E-state index is 0.0946. The molecule has 0 saturated carbocycles. The average molecular weight is 436 g/mol. The fraction of sp³-hybridized carbons (Fsp3) is 0.400. The molecule has 3 heterocycles. The highest BCUT2D eigenvalue weighted by Gasteiger charge is 2.27. The van der Waals surface area contributed by atoms with Gasteiger partial charge in [0.1, 0.15) is 0 Å². The zero-order valence-corrected chi connectivity index (χ0v) is 18.7. The van der Waals surface area contributed by atoms with Crippen LogP contribution in [0.15, 0.2) is 47.8 Å². The van der Waals surface area contributed by atoms with Crippen molar-refractivity contribution in [1.82, 2.24) is 4.90 Å². The highest BCUT2D eigenvalue weighted by Crippen LogP contribution is 2.32. The second-order valence-corrected chi connectivity index (χ2v) is 9.60. The van der Waals surface area contributed by atoms with Gasteiger partial charge in [-0.2, -0.15) is 0 Å². The second-order valence-electron chi connectivity index (χ2n) is 8.65. The molecule has 1 fully saturated rings. The Morgan fingerprint density at radius 1 is 1.19 bits per heavy atom. The first-order valence-corrected chi connectivity index (χ1v) is 12.0. The van der Waals surface area contributed by atoms with E-state index in [2.05, 4.69) is 46.4 Å². The van der Waals surface area contributed by atoms with Gasteiger partial charge >= 0.3 is 0 Å². The van der Waals surface area contributed by atoms with Crippen molar-refractivity contribution in [2.75, 3.05) is 37.7 Å². The number of nitrogens with two attached hydrogens (primary N) is 1. The van der Waals surface area contributed by atoms with Crippen LogP contribution in [0, 0.1) is 0 Å². The van der Waals surface area contributed by atoms with Crippen LogP contribution in [0.1, 0.15) is 40.9 Å². The molecular formula is C25H29N3O2S. The van der Waals surface area contributed by atoms with Crippen molar-refractivity contribution in [2.24, 2.45) is 5.73 Å². The van der Waals surface area contributed by atoms with Crippen molar-refractivity contribution in [1.29, 1.82) is 0 Å². The Morgan fingerprint density at radius 2 is 2.10 bits per heavy atom. The van der Waals surface area contributed by atoms with Gasteiger partial charge < -0.3 is 15.4 Å². The number of piperazine rings is 1. The Balaban J connectivity index is 1.21. The number of benzene rings is 2. The topological polar surface area (TPSA) is 58.8 Å². The van der Waals surface area contributed by atoms with Crippen molar-refractivity contribution in [3.05, 3.63) is 64.5 Å². The van der Waals surface area contributed by atoms with Crippen molar-refractivity contribution in [3.63, 3.8) is 0 Å². The van der Waals surface area contributed by atoms with E-state index < -0.39 is 0 Å². The van der Waals surface area contributed by atoms with E-state index in [1.54, 1.807) is 0 Å². The van der Waals surface area contributed by atoms with Gasteiger partial charge in [0.25, 0.3) is 0 Å². The summed E-state index contributed by atoms with van der Waals surface area (Å²) in [4.78, 5) is 16.6. The molecule has 1 saturated heterocycles. The molecule has 0 spiro atoms. The molecule has 162 valence electrons. The third-order valence-electron chi connectivity index (χ3n) is 6.71. The van der Waals surface area contributed by atoms with E-state index in [-0.39, 0.29) is 12.0 Å². The van der Waals surface area contributed by atoms with Crippen LogP contribution in [0.2, 0.25) is 0 Å². The van der Waals surface area contributed by atoms with E-state index in [1.165, 1.54) is 26.9 Å². The van der Waals surface area contributed by atoms with Crippen LogP contribution >= 0.6 is 11.3 Å². The lowest BCUT2D eigenvalue weighted by Crippen LogP contribution is -2.52. The molecule has 5 nitrogen and oxygen atoms in total. The highest BCUT2D eigenvalue weighted by atomic mass is 32.1. The number of amides is 1. The van der Waals surface area contributed by atoms with E-state index >= 15 is 0 Å². The molecule has 0 bridgehead atoms. The summed E-state index contributed by atoms with van der Waals surface area (Å²) in [5, 5.41) is 3.49. The predicted octanol–water partition coefficient (Wildman–Crippen LogP) is 4.21. The first-order chi connectivity index (χ1) is 15.1. The number of carbonyl (C=O) groups excluding carboxylic acids is 1. The summed E-state index contributed by atoms with van der Waals surface area (Å²) in [6.45, 7) is 7.19. The van der Waals surface area contributed by atoms with Crippen molar-refractivity contribution < 1.29 is 9.53 Å². The van der Waals surface area contributed by atoms with Crippen LogP contribution in [-0.4, -0.2) is 49.6 Å². The smallest absolute Gasteiger partial charge is 0.248 e. The number of anilines is 1. The lowest BCUT2D eigenvalue weighted by atomic mass is 9.93. The molecule has 2 atom stereocenters. The Kier molecular flexibility index (Phi) is 5.69. The predicted molar refractivity (Wildman–Crippen MR) is 127 cm³/mol. The van der Waals surface area contributed by atoms with Crippen LogP contribution in [0.4, 0.5) is 5.69 Å². The molecule has 0 radical (unpaired) electrons. The molecule has 1 aromatic heterocycles. The van der Waals surface area contributed by atoms with Gasteiger partial charge in [-0.15, -0.1) is 11.3 Å². The maximum absolute atomic E-state index is 11.5. The molecule has 3 aromatic rings. The lowest BCUT2D eigenvalue weighted by Gasteiger charge is -2.41. The summed E-state index contributed by atoms with van der Waals surface area (Å²) in [7, 11) is 0. The van der Waals surface area contributed by atoms with E-state index in [0.29, 0.717) is 18.2 Å². The third kappa shape index (κ3) is 4.20. The van der Waals surface area contributed by atoms with Crippen molar-refractivity contribution in [2.45, 2.75) is 31.9 Å². The normalized spacial score (nSPS) is 21.9. The van der Waals surface area contributed by atoms with Crippen LogP contribution in [0.3, 0.4) is 0 Å². The Bertz CT molecular complexity index is 1100. The molecule has 0 aliphatic carbocycles. The number of ether oxygens (including phenoxy) is 1. The number of fused-ring (bicyclic) bond motifs is 2. The van der Waals surface area contributed by atoms with Crippen LogP contribution in [-0.2, 0) is 11.2 Å². The zero-order chi connectivity index (χ0) is 21.4. The minimum atomic E-state index is -0.365. The Labute approximate surface area is 187 Å². The van der Waals surface area contributed by atoms with Gasteiger partial charge in [-0.25, -0.2) is 0 Å². The van der Waals surface area contributed by atoms with Crippen molar-refractivity contribution >= 4 is 33.0 Å². The molecule has 2 aromatic carbocycles. The van der Waals surface area contributed by atoms with Crippen LogP contribution < -0.4 is 10.6 Å². The third-order valence-corrected chi connectivity index (χ3v) is 7.59. The summed E-state index contributed by atoms with van der Waals surface area (Å²) in [5.41, 5.74) is 9.78. The summed E-state index contributed by atoms with van der Waals surface area (Å²) >= 11 is 1.81. The summed E-state index contributed by atoms with van der Waals surface area (Å²) in [6.07, 6.45) is 1.91. The van der Waals surface area contributed by atoms with Crippen LogP contribution in [0.5, 0.6) is 0 Å². The molecule has 31 heavy (non-hydrogen) atoms. The molecule has 2 N–H and O–H groups in total. The first-order valence-electron chi connectivity index (χ1n) is 11.1. The number of hydrogen-bond donors (Lipinski definition) is 1. The van der Waals surface area contributed by atoms with Gasteiger partial charge in [0.15, 0.2) is 0 Å². The highest BCUT2D eigenvalue weighted by molar-refractivity contribution is 7.17. The first kappa shape index (κ1) is 20.5. The standard InChI is InChI=1S/C25H29N3O2S/c1-17-16-28(21-4-2-18-8-13-31-24(18)15-21)11-10-27(17)9-6-23-22-5-3-20(25(26)29)14-19(22)7-12-30-23/h2-5,8,13-15,17,23H,6-7,9-12,16H2,1H3,(H2,26,29)/t17-,23+/m1/s1. The summed E-state index contributed by atoms with van der Waals surface area (Å²) in [5.74, 6) is -0.365. The molecule has 2 aliphatic rings. The van der Waals surface area contributed by atoms with Crippen molar-refractivity contribution in [3.8, 4) is 0 Å². The second kappa shape index (κ2) is 8.61. The number of rotatable bonds is 5. The maximum atomic E-state index is 11.5. The fourth-order valence-corrected chi connectivity index (χ4v) is 5.74. The molecule has 2 aliphatic heterocycles. The average Bonchev–Trinajstić information content (AvgIpc) is 3.25. The Morgan fingerprint density at radius 3 is 2.94 bits per heavy atom. The number of carbonyl (C=O) groups is 1. The zero-order valence-electron chi connectivity index (χ0n) is 17.9. The molecule has 5 rings (SSSR count). The minimum Gasteiger partial charge on any atom is -0.373 e. The summed E-state index contributed by atoms with van der Waals surface area (Å²) in [6, 6.07) is 15.3. The van der Waals surface area contributed by atoms with Gasteiger partial charge in [0.2, 0.25) is 5.91 Å². The van der Waals surface area contributed by atoms with E-state index in [1.807, 2.05) is 29.5 Å². The number of primary amides is 1. The van der Waals surface area contributed by atoms with Gasteiger partial charge in [-0.1, -0.05) is 12.1 Å². The van der Waals surface area contributed by atoms with E-state index in [0.717, 1.165) is 39.0 Å². The molecule has 1 amide bonds. The quantitative estimate of drug-likeness (QED) is 0.652. The van der Waals surface area contributed by atoms with Gasteiger partial charge in [-0.3, -0.25) is 9.69 Å². The monoisotopic (exact) mass is 435 g/mol. The van der Waals surface area contributed by atoms with Gasteiger partial charge in [0.05, 0.1) is 12.7 Å². The van der Waals surface area contributed by atoms with Gasteiger partial charge in [-0.05, 0) is 72.0 Å². The molecule has 6 heteroatoms. The largest absolute Gasteiger partial charge is 0.373 e. The Hall–Kier alpha value is -2.41. The van der Waals surface area contributed by atoms with Gasteiger partial charge in [0, 0.05) is 48.2 Å². The van der Waals surface area contributed by atoms with E-state index in [9.17, 15) is 4.79 Å². The SMILES string of the molecule is C[C@@H]1CN(c2ccc3ccsc3c2)CCN1CC[C@@H]1OCCc2cc(C(N)=O)ccc21. The molecular weight excluding hydrogens is 406 g/mol. The lowest BCUT2D eigenvalue weighted by molar-refractivity contribution is 0.0255. The number of nitrogens with zero attached hydrogens (tertiary/aromatic N) is 2. The maximum Gasteiger partial charge on any atom is 0.248 e. The molecule has 0 unspecified atom stereocenters. The number of hydrogen-bond acceptors (Lipinski definition) is 5. The summed E-state index contributed by atoms with van der Waals surface area (Å²) < 4.78 is 7.46. The fourth-order valence-electron chi connectivity index (χ4n) is 4.91. The van der Waals surface area contributed by atoms with E-state index in [4.69, 9.17) is 10.5 Å².